The second-order valence-corrected chi connectivity index (χ2v) is 3.06. The first kappa shape index (κ1) is 9.36. The van der Waals surface area contributed by atoms with Gasteiger partial charge in [-0.1, -0.05) is 18.2 Å². The lowest BCUT2D eigenvalue weighted by Crippen LogP contribution is -2.00. The van der Waals surface area contributed by atoms with Crippen molar-refractivity contribution in [3.8, 4) is 5.75 Å². The van der Waals surface area contributed by atoms with Gasteiger partial charge >= 0.3 is 0 Å². The summed E-state index contributed by atoms with van der Waals surface area (Å²) in [6.45, 7) is 0. The molecule has 1 aliphatic rings. The molecule has 0 aromatic heterocycles. The molecule has 12 heavy (non-hydrogen) atoms. The number of para-hydroxylation sites is 1. The van der Waals surface area contributed by atoms with Crippen LogP contribution in [-0.4, -0.2) is 11.1 Å². The molecule has 66 valence electrons. The highest BCUT2D eigenvalue weighted by molar-refractivity contribution is 5.85. The van der Waals surface area contributed by atoms with Gasteiger partial charge in [0.2, 0.25) is 0 Å². The Bertz CT molecular complexity index is 277. The number of hydrogen-bond acceptors (Lipinski definition) is 2. The maximum Gasteiger partial charge on any atom is 0.119 e. The Kier molecular flexibility index (Phi) is 2.60. The van der Waals surface area contributed by atoms with Crippen molar-refractivity contribution >= 4 is 12.4 Å². The van der Waals surface area contributed by atoms with E-state index in [-0.39, 0.29) is 18.4 Å². The number of phenolic OH excluding ortho intramolecular Hbond substituents is 1. The van der Waals surface area contributed by atoms with E-state index in [4.69, 9.17) is 5.73 Å². The molecule has 0 unspecified atom stereocenters. The normalized spacial score (nSPS) is 26.1. The molecule has 0 amide bonds. The van der Waals surface area contributed by atoms with Crippen LogP contribution < -0.4 is 5.73 Å². The van der Waals surface area contributed by atoms with E-state index >= 15 is 0 Å². The molecule has 1 fully saturated rings. The molecular formula is C9H12ClNO. The topological polar surface area (TPSA) is 46.2 Å². The Hall–Kier alpha value is -0.730. The van der Waals surface area contributed by atoms with Gasteiger partial charge in [-0.05, 0) is 18.1 Å². The monoisotopic (exact) mass is 185 g/mol. The summed E-state index contributed by atoms with van der Waals surface area (Å²) >= 11 is 0. The Morgan fingerprint density at radius 1 is 1.33 bits per heavy atom. The number of halogens is 1. The van der Waals surface area contributed by atoms with Gasteiger partial charge in [0.15, 0.2) is 0 Å². The van der Waals surface area contributed by atoms with E-state index in [1.165, 1.54) is 0 Å². The molecule has 1 aliphatic carbocycles. The second-order valence-electron chi connectivity index (χ2n) is 3.06. The van der Waals surface area contributed by atoms with E-state index in [2.05, 4.69) is 0 Å². The number of aromatic hydroxyl groups is 1. The van der Waals surface area contributed by atoms with Crippen LogP contribution in [-0.2, 0) is 0 Å². The molecule has 1 aromatic carbocycles. The molecule has 1 aromatic rings. The summed E-state index contributed by atoms with van der Waals surface area (Å²) in [5.41, 5.74) is 6.66. The van der Waals surface area contributed by atoms with E-state index < -0.39 is 0 Å². The molecule has 0 spiro atoms. The molecule has 2 rings (SSSR count). The van der Waals surface area contributed by atoms with Gasteiger partial charge in [-0.15, -0.1) is 12.4 Å². The summed E-state index contributed by atoms with van der Waals surface area (Å²) in [7, 11) is 0. The van der Waals surface area contributed by atoms with E-state index in [1.807, 2.05) is 18.2 Å². The van der Waals surface area contributed by atoms with Gasteiger partial charge in [-0.2, -0.15) is 0 Å². The Balaban J connectivity index is 0.000000720. The molecule has 2 nitrogen and oxygen atoms in total. The summed E-state index contributed by atoms with van der Waals surface area (Å²) in [4.78, 5) is 0. The molecule has 1 saturated carbocycles. The molecule has 3 heteroatoms. The average molecular weight is 186 g/mol. The zero-order valence-electron chi connectivity index (χ0n) is 6.60. The molecule has 0 aliphatic heterocycles. The first-order valence-electron chi connectivity index (χ1n) is 3.82. The quantitative estimate of drug-likeness (QED) is 0.699. The highest BCUT2D eigenvalue weighted by Gasteiger charge is 2.36. The van der Waals surface area contributed by atoms with E-state index in [0.29, 0.717) is 11.7 Å². The number of rotatable bonds is 1. The van der Waals surface area contributed by atoms with Crippen molar-refractivity contribution in [2.75, 3.05) is 0 Å². The fourth-order valence-electron chi connectivity index (χ4n) is 1.37. The van der Waals surface area contributed by atoms with Gasteiger partial charge in [0.25, 0.3) is 0 Å². The summed E-state index contributed by atoms with van der Waals surface area (Å²) in [5, 5.41) is 9.38. The second kappa shape index (κ2) is 3.33. The summed E-state index contributed by atoms with van der Waals surface area (Å²) in [6.07, 6.45) is 1.01. The molecule has 3 N–H and O–H groups in total. The maximum atomic E-state index is 9.38. The van der Waals surface area contributed by atoms with Crippen LogP contribution >= 0.6 is 12.4 Å². The van der Waals surface area contributed by atoms with E-state index in [1.54, 1.807) is 6.07 Å². The van der Waals surface area contributed by atoms with Crippen molar-refractivity contribution < 1.29 is 5.11 Å². The molecule has 2 atom stereocenters. The molecular weight excluding hydrogens is 174 g/mol. The first-order chi connectivity index (χ1) is 5.29. The number of hydrogen-bond donors (Lipinski definition) is 2. The Morgan fingerprint density at radius 2 is 1.92 bits per heavy atom. The van der Waals surface area contributed by atoms with Crippen molar-refractivity contribution in [2.24, 2.45) is 5.73 Å². The Morgan fingerprint density at radius 3 is 2.42 bits per heavy atom. The van der Waals surface area contributed by atoms with Gasteiger partial charge in [0.1, 0.15) is 5.75 Å². The minimum absolute atomic E-state index is 0. The summed E-state index contributed by atoms with van der Waals surface area (Å²) in [6, 6.07) is 7.67. The standard InChI is InChI=1S/C9H11NO.ClH/c10-8-5-7(8)6-3-1-2-4-9(6)11;/h1-4,7-8,11H,5,10H2;1H/t7-,8+;/m0./s1. The third kappa shape index (κ3) is 1.54. The van der Waals surface area contributed by atoms with Crippen LogP contribution in [0.2, 0.25) is 0 Å². The predicted octanol–water partition coefficient (Wildman–Crippen LogP) is 1.63. The lowest BCUT2D eigenvalue weighted by Gasteiger charge is -2.00. The van der Waals surface area contributed by atoms with Gasteiger partial charge < -0.3 is 10.8 Å². The smallest absolute Gasteiger partial charge is 0.119 e. The largest absolute Gasteiger partial charge is 0.508 e. The summed E-state index contributed by atoms with van der Waals surface area (Å²) in [5.74, 6) is 0.779. The van der Waals surface area contributed by atoms with E-state index in [9.17, 15) is 5.11 Å². The van der Waals surface area contributed by atoms with Crippen molar-refractivity contribution in [1.29, 1.82) is 0 Å². The molecule has 0 saturated heterocycles. The van der Waals surface area contributed by atoms with Crippen LogP contribution in [0.3, 0.4) is 0 Å². The van der Waals surface area contributed by atoms with Crippen molar-refractivity contribution in [2.45, 2.75) is 18.4 Å². The van der Waals surface area contributed by atoms with Crippen LogP contribution in [0.5, 0.6) is 5.75 Å². The number of benzene rings is 1. The van der Waals surface area contributed by atoms with Crippen LogP contribution in [0.25, 0.3) is 0 Å². The first-order valence-corrected chi connectivity index (χ1v) is 3.82. The highest BCUT2D eigenvalue weighted by Crippen LogP contribution is 2.42. The summed E-state index contributed by atoms with van der Waals surface area (Å²) < 4.78 is 0. The molecule has 0 heterocycles. The van der Waals surface area contributed by atoms with Crippen molar-refractivity contribution in [1.82, 2.24) is 0 Å². The van der Waals surface area contributed by atoms with E-state index in [0.717, 1.165) is 12.0 Å². The third-order valence-electron chi connectivity index (χ3n) is 2.18. The van der Waals surface area contributed by atoms with Gasteiger partial charge in [0, 0.05) is 12.0 Å². The lowest BCUT2D eigenvalue weighted by molar-refractivity contribution is 0.468. The van der Waals surface area contributed by atoms with Gasteiger partial charge in [-0.3, -0.25) is 0 Å². The predicted molar refractivity (Wildman–Crippen MR) is 50.7 cm³/mol. The minimum Gasteiger partial charge on any atom is -0.508 e. The maximum absolute atomic E-state index is 9.38. The van der Waals surface area contributed by atoms with Crippen LogP contribution in [0, 0.1) is 0 Å². The Labute approximate surface area is 77.8 Å². The van der Waals surface area contributed by atoms with Gasteiger partial charge in [-0.25, -0.2) is 0 Å². The van der Waals surface area contributed by atoms with Crippen LogP contribution in [0.15, 0.2) is 24.3 Å². The zero-order valence-corrected chi connectivity index (χ0v) is 7.42. The lowest BCUT2D eigenvalue weighted by atomic mass is 10.1. The number of phenols is 1. The fourth-order valence-corrected chi connectivity index (χ4v) is 1.37. The SMILES string of the molecule is Cl.N[C@@H]1C[C@H]1c1ccccc1O. The minimum atomic E-state index is 0. The zero-order chi connectivity index (χ0) is 7.84. The third-order valence-corrected chi connectivity index (χ3v) is 2.18. The number of nitrogens with two attached hydrogens (primary N) is 1. The van der Waals surface area contributed by atoms with Crippen molar-refractivity contribution in [3.05, 3.63) is 29.8 Å². The van der Waals surface area contributed by atoms with Crippen LogP contribution in [0.4, 0.5) is 0 Å². The van der Waals surface area contributed by atoms with Crippen molar-refractivity contribution in [3.63, 3.8) is 0 Å². The van der Waals surface area contributed by atoms with Gasteiger partial charge in [0.05, 0.1) is 0 Å². The average Bonchev–Trinajstić information content (AvgIpc) is 2.68. The molecule has 0 bridgehead atoms. The highest BCUT2D eigenvalue weighted by atomic mass is 35.5. The van der Waals surface area contributed by atoms with Crippen LogP contribution in [0.1, 0.15) is 17.9 Å². The fraction of sp³-hybridized carbons (Fsp3) is 0.333. The molecule has 0 radical (unpaired) electrons.